The molecule has 0 fully saturated rings. The lowest BCUT2D eigenvalue weighted by Gasteiger charge is -2.26. The van der Waals surface area contributed by atoms with Crippen LogP contribution in [0.1, 0.15) is 373 Å². The zero-order valence-corrected chi connectivity index (χ0v) is 47.9. The average molecular weight is 989 g/mol. The molecule has 0 saturated carbocycles. The normalized spacial score (nSPS) is 13.2. The van der Waals surface area contributed by atoms with Crippen LogP contribution in [0.2, 0.25) is 0 Å². The van der Waals surface area contributed by atoms with Crippen molar-refractivity contribution in [3.05, 3.63) is 12.2 Å². The summed E-state index contributed by atoms with van der Waals surface area (Å²) in [5.74, 6) is -0.136. The van der Waals surface area contributed by atoms with E-state index < -0.39 is 18.2 Å². The van der Waals surface area contributed by atoms with Gasteiger partial charge in [-0.1, -0.05) is 341 Å². The molecule has 5 heteroatoms. The first-order valence-corrected chi connectivity index (χ1v) is 32.5. The van der Waals surface area contributed by atoms with Gasteiger partial charge in [0, 0.05) is 6.42 Å². The minimum absolute atomic E-state index is 0.136. The Hall–Kier alpha value is -0.910. The number of unbranched alkanes of at least 4 members (excludes halogenated alkanes) is 51. The molecule has 0 aliphatic rings. The van der Waals surface area contributed by atoms with Gasteiger partial charge >= 0.3 is 0 Å². The molecule has 0 aromatic carbocycles. The Morgan fingerprint density at radius 1 is 0.343 bits per heavy atom. The van der Waals surface area contributed by atoms with Crippen molar-refractivity contribution < 1.29 is 20.1 Å². The summed E-state index contributed by atoms with van der Waals surface area (Å²) >= 11 is 0. The van der Waals surface area contributed by atoms with Gasteiger partial charge in [0.15, 0.2) is 0 Å². The molecular formula is C65H129NO4. The van der Waals surface area contributed by atoms with Crippen LogP contribution in [-0.4, -0.2) is 46.1 Å². The fraction of sp³-hybridized carbons (Fsp3) is 0.954. The van der Waals surface area contributed by atoms with Crippen LogP contribution in [0, 0.1) is 0 Å². The van der Waals surface area contributed by atoms with Crippen molar-refractivity contribution in [1.29, 1.82) is 0 Å². The second-order valence-electron chi connectivity index (χ2n) is 22.7. The van der Waals surface area contributed by atoms with Crippen LogP contribution in [0.15, 0.2) is 12.2 Å². The second kappa shape index (κ2) is 60.6. The molecule has 5 nitrogen and oxygen atoms in total. The molecule has 0 radical (unpaired) electrons. The second-order valence-corrected chi connectivity index (χ2v) is 22.7. The first kappa shape index (κ1) is 69.1. The zero-order valence-electron chi connectivity index (χ0n) is 47.9. The Balaban J connectivity index is 3.46. The third kappa shape index (κ3) is 54.9. The topological polar surface area (TPSA) is 89.8 Å². The van der Waals surface area contributed by atoms with E-state index in [2.05, 4.69) is 31.3 Å². The monoisotopic (exact) mass is 988 g/mol. The number of carbonyl (C=O) groups is 1. The molecule has 1 amide bonds. The molecule has 3 unspecified atom stereocenters. The number of hydrogen-bond acceptors (Lipinski definition) is 4. The maximum Gasteiger partial charge on any atom is 0.220 e. The van der Waals surface area contributed by atoms with Crippen molar-refractivity contribution in [2.45, 2.75) is 392 Å². The molecule has 0 saturated heterocycles. The van der Waals surface area contributed by atoms with Gasteiger partial charge in [-0.05, 0) is 38.5 Å². The fourth-order valence-electron chi connectivity index (χ4n) is 10.6. The van der Waals surface area contributed by atoms with Crippen LogP contribution < -0.4 is 5.32 Å². The molecule has 3 atom stereocenters. The van der Waals surface area contributed by atoms with Gasteiger partial charge in [-0.15, -0.1) is 0 Å². The predicted octanol–water partition coefficient (Wildman–Crippen LogP) is 20.6. The van der Waals surface area contributed by atoms with Crippen LogP contribution in [-0.2, 0) is 4.79 Å². The van der Waals surface area contributed by atoms with Crippen molar-refractivity contribution in [2.75, 3.05) is 6.61 Å². The zero-order chi connectivity index (χ0) is 50.7. The van der Waals surface area contributed by atoms with Gasteiger partial charge in [0.05, 0.1) is 18.8 Å². The largest absolute Gasteiger partial charge is 0.394 e. The third-order valence-corrected chi connectivity index (χ3v) is 15.6. The van der Waals surface area contributed by atoms with Gasteiger partial charge in [0.2, 0.25) is 5.91 Å². The molecule has 0 aromatic rings. The smallest absolute Gasteiger partial charge is 0.220 e. The number of amides is 1. The van der Waals surface area contributed by atoms with Gasteiger partial charge in [-0.25, -0.2) is 0 Å². The molecule has 70 heavy (non-hydrogen) atoms. The minimum atomic E-state index is -1.13. The highest BCUT2D eigenvalue weighted by Gasteiger charge is 2.26. The first-order valence-electron chi connectivity index (χ1n) is 32.5. The molecule has 0 aliphatic heterocycles. The number of allylic oxidation sites excluding steroid dienone is 2. The van der Waals surface area contributed by atoms with E-state index in [0.29, 0.717) is 12.8 Å². The average Bonchev–Trinajstić information content (AvgIpc) is 3.36. The predicted molar refractivity (Wildman–Crippen MR) is 310 cm³/mol. The molecule has 4 N–H and O–H groups in total. The van der Waals surface area contributed by atoms with Crippen LogP contribution in [0.3, 0.4) is 0 Å². The SMILES string of the molecule is CCCCCCCCCCCCCC/C=C\CCCCCCCCCCCCCCCCCCCC(=O)NC(CO)C(O)C(O)CCCCCCCCCCCCCCCCCCCCCCCCC. The maximum absolute atomic E-state index is 12.6. The van der Waals surface area contributed by atoms with Crippen molar-refractivity contribution in [2.24, 2.45) is 0 Å². The Morgan fingerprint density at radius 2 is 0.571 bits per heavy atom. The fourth-order valence-corrected chi connectivity index (χ4v) is 10.6. The Labute approximate surface area is 440 Å². The highest BCUT2D eigenvalue weighted by Crippen LogP contribution is 2.19. The van der Waals surface area contributed by atoms with E-state index in [1.165, 1.54) is 315 Å². The van der Waals surface area contributed by atoms with E-state index in [9.17, 15) is 20.1 Å². The van der Waals surface area contributed by atoms with Crippen LogP contribution in [0.5, 0.6) is 0 Å². The highest BCUT2D eigenvalue weighted by molar-refractivity contribution is 5.76. The summed E-state index contributed by atoms with van der Waals surface area (Å²) in [4.78, 5) is 12.6. The van der Waals surface area contributed by atoms with Gasteiger partial charge in [-0.3, -0.25) is 4.79 Å². The van der Waals surface area contributed by atoms with E-state index in [1.807, 2.05) is 0 Å². The van der Waals surface area contributed by atoms with Gasteiger partial charge in [-0.2, -0.15) is 0 Å². The maximum atomic E-state index is 12.6. The first-order chi connectivity index (χ1) is 34.6. The molecule has 0 spiro atoms. The third-order valence-electron chi connectivity index (χ3n) is 15.6. The van der Waals surface area contributed by atoms with Crippen LogP contribution in [0.25, 0.3) is 0 Å². The number of hydrogen-bond donors (Lipinski definition) is 4. The molecule has 418 valence electrons. The van der Waals surface area contributed by atoms with E-state index in [1.54, 1.807) is 0 Å². The summed E-state index contributed by atoms with van der Waals surface area (Å²) in [5.41, 5.74) is 0. The summed E-state index contributed by atoms with van der Waals surface area (Å²) in [6, 6.07) is -0.807. The van der Waals surface area contributed by atoms with Crippen molar-refractivity contribution >= 4 is 5.91 Å². The van der Waals surface area contributed by atoms with Gasteiger partial charge < -0.3 is 20.6 Å². The molecule has 0 rings (SSSR count). The van der Waals surface area contributed by atoms with Crippen molar-refractivity contribution in [3.8, 4) is 0 Å². The standard InChI is InChI=1S/C65H129NO4/c1-3-5-7-9-11-13-15-17-19-21-23-25-27-28-29-30-31-32-33-34-35-36-38-40-42-44-46-48-50-52-54-56-58-60-64(69)66-62(61-67)65(70)63(68)59-57-55-53-51-49-47-45-43-41-39-37-26-24-22-20-18-16-14-12-10-8-6-4-2/h28-29,62-63,65,67-68,70H,3-27,30-61H2,1-2H3,(H,66,69)/b29-28-. The highest BCUT2D eigenvalue weighted by atomic mass is 16.3. The number of rotatable bonds is 61. The van der Waals surface area contributed by atoms with E-state index in [4.69, 9.17) is 0 Å². The van der Waals surface area contributed by atoms with Gasteiger partial charge in [0.25, 0.3) is 0 Å². The van der Waals surface area contributed by atoms with E-state index >= 15 is 0 Å². The van der Waals surface area contributed by atoms with Crippen LogP contribution >= 0.6 is 0 Å². The van der Waals surface area contributed by atoms with Gasteiger partial charge in [0.1, 0.15) is 6.10 Å². The lowest BCUT2D eigenvalue weighted by molar-refractivity contribution is -0.124. The Morgan fingerprint density at radius 3 is 0.829 bits per heavy atom. The number of aliphatic hydroxyl groups is 3. The summed E-state index contributed by atoms with van der Waals surface area (Å²) < 4.78 is 0. The van der Waals surface area contributed by atoms with Crippen molar-refractivity contribution in [3.63, 3.8) is 0 Å². The quantitative estimate of drug-likeness (QED) is 0.0361. The Bertz CT molecular complexity index is 1000. The molecule has 0 bridgehead atoms. The number of aliphatic hydroxyl groups excluding tert-OH is 3. The summed E-state index contributed by atoms with van der Waals surface area (Å²) in [6.45, 7) is 4.23. The molecule has 0 heterocycles. The summed E-state index contributed by atoms with van der Waals surface area (Å²) in [7, 11) is 0. The molecule has 0 aliphatic carbocycles. The lowest BCUT2D eigenvalue weighted by atomic mass is 9.99. The summed E-state index contributed by atoms with van der Waals surface area (Å²) in [6.07, 6.45) is 76.9. The number of nitrogens with one attached hydrogen (secondary N) is 1. The van der Waals surface area contributed by atoms with Crippen LogP contribution in [0.4, 0.5) is 0 Å². The number of carbonyl (C=O) groups excluding carboxylic acids is 1. The van der Waals surface area contributed by atoms with E-state index in [-0.39, 0.29) is 12.5 Å². The lowest BCUT2D eigenvalue weighted by Crippen LogP contribution is -2.50. The molecule has 0 aromatic heterocycles. The summed E-state index contributed by atoms with van der Waals surface area (Å²) in [5, 5.41) is 33.9. The molecular weight excluding hydrogens is 859 g/mol. The van der Waals surface area contributed by atoms with E-state index in [0.717, 1.165) is 32.1 Å². The minimum Gasteiger partial charge on any atom is -0.394 e. The van der Waals surface area contributed by atoms with Crippen molar-refractivity contribution in [1.82, 2.24) is 5.32 Å². The Kier molecular flexibility index (Phi) is 59.9.